The van der Waals surface area contributed by atoms with Crippen molar-refractivity contribution in [2.45, 2.75) is 6.42 Å². The maximum atomic E-state index is 3.91. The second kappa shape index (κ2) is 2.31. The summed E-state index contributed by atoms with van der Waals surface area (Å²) in [5.41, 5.74) is 3.76. The van der Waals surface area contributed by atoms with Crippen LogP contribution in [-0.4, -0.2) is 5.71 Å². The van der Waals surface area contributed by atoms with Gasteiger partial charge in [0, 0.05) is 6.08 Å². The summed E-state index contributed by atoms with van der Waals surface area (Å²) in [6.45, 7) is 3.58. The molecule has 0 bridgehead atoms. The Morgan fingerprint density at radius 3 is 3.25 bits per heavy atom. The predicted molar refractivity (Wildman–Crippen MR) is 34.2 cm³/mol. The standard InChI is InChI=1S/C6H8N2/c1-2-3-6-4-5-7-8-6/h2,4-5,7H,1,3H2/q+1. The Balaban J connectivity index is 2.45. The minimum absolute atomic E-state index is 0.851. The Morgan fingerprint density at radius 1 is 1.88 bits per heavy atom. The molecule has 0 saturated carbocycles. The quantitative estimate of drug-likeness (QED) is 0.508. The van der Waals surface area contributed by atoms with Crippen LogP contribution in [0.5, 0.6) is 0 Å². The van der Waals surface area contributed by atoms with E-state index in [2.05, 4.69) is 17.1 Å². The Kier molecular flexibility index (Phi) is 1.47. The van der Waals surface area contributed by atoms with Gasteiger partial charge in [0.1, 0.15) is 0 Å². The molecule has 0 aromatic heterocycles. The zero-order chi connectivity index (χ0) is 5.82. The van der Waals surface area contributed by atoms with E-state index in [-0.39, 0.29) is 0 Å². The van der Waals surface area contributed by atoms with Gasteiger partial charge in [0.25, 0.3) is 5.71 Å². The van der Waals surface area contributed by atoms with Crippen molar-refractivity contribution in [1.29, 1.82) is 0 Å². The zero-order valence-electron chi connectivity index (χ0n) is 4.59. The van der Waals surface area contributed by atoms with Crippen molar-refractivity contribution in [2.24, 2.45) is 0 Å². The van der Waals surface area contributed by atoms with Crippen molar-refractivity contribution in [3.8, 4) is 0 Å². The highest BCUT2D eigenvalue weighted by molar-refractivity contribution is 5.95. The van der Waals surface area contributed by atoms with E-state index in [9.17, 15) is 0 Å². The van der Waals surface area contributed by atoms with Gasteiger partial charge in [-0.3, -0.25) is 0 Å². The van der Waals surface area contributed by atoms with Gasteiger partial charge in [-0.15, -0.1) is 12.0 Å². The first-order chi connectivity index (χ1) is 3.93. The molecule has 0 aromatic carbocycles. The molecule has 0 atom stereocenters. The lowest BCUT2D eigenvalue weighted by Gasteiger charge is -1.70. The average molecular weight is 108 g/mol. The Bertz CT molecular complexity index is 145. The highest BCUT2D eigenvalue weighted by Crippen LogP contribution is 1.87. The average Bonchev–Trinajstić information content (AvgIpc) is 2.19. The van der Waals surface area contributed by atoms with Crippen molar-refractivity contribution in [3.63, 3.8) is 0 Å². The molecule has 2 heteroatoms. The fourth-order valence-electron chi connectivity index (χ4n) is 0.552. The van der Waals surface area contributed by atoms with E-state index in [1.165, 1.54) is 0 Å². The van der Waals surface area contributed by atoms with Crippen LogP contribution in [0.3, 0.4) is 0 Å². The normalized spacial score (nSPS) is 15.2. The van der Waals surface area contributed by atoms with Gasteiger partial charge in [0.05, 0.1) is 12.6 Å². The Morgan fingerprint density at radius 2 is 2.75 bits per heavy atom. The molecule has 0 spiro atoms. The van der Waals surface area contributed by atoms with E-state index in [0.29, 0.717) is 0 Å². The summed E-state index contributed by atoms with van der Waals surface area (Å²) in [5, 5.41) is 3.91. The predicted octanol–water partition coefficient (Wildman–Crippen LogP) is 0.371. The summed E-state index contributed by atoms with van der Waals surface area (Å²) in [5.74, 6) is 0. The van der Waals surface area contributed by atoms with Crippen LogP contribution >= 0.6 is 0 Å². The third-order valence-corrected chi connectivity index (χ3v) is 0.912. The molecule has 1 aliphatic rings. The van der Waals surface area contributed by atoms with Crippen LogP contribution in [0.15, 0.2) is 24.9 Å². The van der Waals surface area contributed by atoms with Crippen LogP contribution in [-0.2, 0) is 0 Å². The number of hydrogen-bond donors (Lipinski definition) is 1. The minimum atomic E-state index is 0.851. The van der Waals surface area contributed by atoms with Crippen molar-refractivity contribution in [3.05, 3.63) is 24.9 Å². The summed E-state index contributed by atoms with van der Waals surface area (Å²) < 4.78 is 0. The van der Waals surface area contributed by atoms with Crippen molar-refractivity contribution < 1.29 is 0 Å². The lowest BCUT2D eigenvalue weighted by Crippen LogP contribution is -2.06. The number of hydrazone groups is 1. The lowest BCUT2D eigenvalue weighted by atomic mass is 10.3. The summed E-state index contributed by atoms with van der Waals surface area (Å²) >= 11 is 0. The van der Waals surface area contributed by atoms with Crippen molar-refractivity contribution in [2.75, 3.05) is 0 Å². The first-order valence-electron chi connectivity index (χ1n) is 2.53. The SMILES string of the molecule is C=CCC1=[N+]NC=C1. The molecule has 0 unspecified atom stereocenters. The van der Waals surface area contributed by atoms with Crippen LogP contribution in [0.1, 0.15) is 6.42 Å². The van der Waals surface area contributed by atoms with Gasteiger partial charge < -0.3 is 0 Å². The minimum Gasteiger partial charge on any atom is -0.108 e. The van der Waals surface area contributed by atoms with Crippen LogP contribution in [0.25, 0.3) is 0 Å². The largest absolute Gasteiger partial charge is 0.292 e. The Hall–Kier alpha value is -1.05. The summed E-state index contributed by atoms with van der Waals surface area (Å²) in [6.07, 6.45) is 6.42. The molecule has 2 nitrogen and oxygen atoms in total. The van der Waals surface area contributed by atoms with Gasteiger partial charge in [-0.2, -0.15) is 0 Å². The monoisotopic (exact) mass is 108 g/mol. The molecule has 0 saturated heterocycles. The molecule has 0 aliphatic carbocycles. The molecule has 1 heterocycles. The molecular formula is C6H8N2+. The second-order valence-corrected chi connectivity index (χ2v) is 1.56. The van der Waals surface area contributed by atoms with Gasteiger partial charge in [-0.1, -0.05) is 6.08 Å². The van der Waals surface area contributed by atoms with Crippen molar-refractivity contribution in [1.82, 2.24) is 10.5 Å². The molecule has 0 fully saturated rings. The summed E-state index contributed by atoms with van der Waals surface area (Å²) in [7, 11) is 0. The van der Waals surface area contributed by atoms with Crippen LogP contribution < -0.4 is 10.5 Å². The molecule has 1 aliphatic heterocycles. The lowest BCUT2D eigenvalue weighted by molar-refractivity contribution is 0.882. The van der Waals surface area contributed by atoms with Gasteiger partial charge in [-0.25, -0.2) is 0 Å². The molecule has 41 valence electrons. The van der Waals surface area contributed by atoms with Gasteiger partial charge in [0.15, 0.2) is 5.10 Å². The zero-order valence-corrected chi connectivity index (χ0v) is 4.59. The van der Waals surface area contributed by atoms with E-state index in [1.807, 2.05) is 12.2 Å². The number of nitrogens with one attached hydrogen (secondary N) is 1. The van der Waals surface area contributed by atoms with E-state index in [1.54, 1.807) is 6.20 Å². The fraction of sp³-hybridized carbons (Fsp3) is 0.167. The highest BCUT2D eigenvalue weighted by atomic mass is 15.3. The Labute approximate surface area is 48.6 Å². The molecule has 1 rings (SSSR count). The fourth-order valence-corrected chi connectivity index (χ4v) is 0.552. The molecule has 1 radical (unpaired) electrons. The molecule has 0 aromatic rings. The molecule has 1 N–H and O–H groups in total. The van der Waals surface area contributed by atoms with E-state index < -0.39 is 0 Å². The highest BCUT2D eigenvalue weighted by Gasteiger charge is 2.08. The molecular weight excluding hydrogens is 100 g/mol. The van der Waals surface area contributed by atoms with Gasteiger partial charge >= 0.3 is 0 Å². The third kappa shape index (κ3) is 0.964. The van der Waals surface area contributed by atoms with Crippen LogP contribution in [0.2, 0.25) is 0 Å². The molecule has 0 amide bonds. The van der Waals surface area contributed by atoms with Crippen molar-refractivity contribution >= 4 is 5.71 Å². The first kappa shape index (κ1) is 5.09. The van der Waals surface area contributed by atoms with Crippen LogP contribution in [0.4, 0.5) is 0 Å². The number of allylic oxidation sites excluding steroid dienone is 2. The van der Waals surface area contributed by atoms with Gasteiger partial charge in [0.2, 0.25) is 0 Å². The maximum absolute atomic E-state index is 3.91. The number of nitrogens with zero attached hydrogens (tertiary/aromatic N) is 1. The smallest absolute Gasteiger partial charge is 0.108 e. The summed E-state index contributed by atoms with van der Waals surface area (Å²) in [6, 6.07) is 0. The molecule has 8 heavy (non-hydrogen) atoms. The van der Waals surface area contributed by atoms with Gasteiger partial charge in [-0.05, 0) is 0 Å². The second-order valence-electron chi connectivity index (χ2n) is 1.56. The topological polar surface area (TPSA) is 26.1 Å². The number of rotatable bonds is 2. The van der Waals surface area contributed by atoms with E-state index in [4.69, 9.17) is 0 Å². The van der Waals surface area contributed by atoms with Crippen LogP contribution in [0, 0.1) is 0 Å². The first-order valence-corrected chi connectivity index (χ1v) is 2.53. The van der Waals surface area contributed by atoms with E-state index >= 15 is 0 Å². The maximum Gasteiger partial charge on any atom is 0.292 e. The third-order valence-electron chi connectivity index (χ3n) is 0.912. The van der Waals surface area contributed by atoms with E-state index in [0.717, 1.165) is 12.1 Å². The summed E-state index contributed by atoms with van der Waals surface area (Å²) in [4.78, 5) is 0. The number of hydrogen-bond acceptors (Lipinski definition) is 2.